The molecule has 0 unspecified atom stereocenters. The molecule has 0 fully saturated rings. The highest BCUT2D eigenvalue weighted by molar-refractivity contribution is 6.06. The van der Waals surface area contributed by atoms with Gasteiger partial charge in [0.05, 0.1) is 37.4 Å². The molecule has 0 atom stereocenters. The number of nitrogens with zero attached hydrogens (tertiary/aromatic N) is 1. The molecule has 0 aromatic heterocycles. The highest BCUT2D eigenvalue weighted by Gasteiger charge is 2.18. The summed E-state index contributed by atoms with van der Waals surface area (Å²) in [5, 5.41) is 2.88. The van der Waals surface area contributed by atoms with Gasteiger partial charge in [0.2, 0.25) is 0 Å². The Hall–Kier alpha value is -2.86. The van der Waals surface area contributed by atoms with Gasteiger partial charge < -0.3 is 19.3 Å². The maximum atomic E-state index is 12.8. The number of benzene rings is 2. The molecule has 0 spiro atoms. The number of nitrogens with one attached hydrogen (secondary N) is 1. The fourth-order valence-corrected chi connectivity index (χ4v) is 3.26. The Morgan fingerprint density at radius 2 is 1.56 bits per heavy atom. The summed E-state index contributed by atoms with van der Waals surface area (Å²) in [6.07, 6.45) is 1.82. The normalized spacial score (nSPS) is 11.3. The number of hydrogen-bond donors (Lipinski definition) is 1. The molecule has 1 amide bonds. The second-order valence-corrected chi connectivity index (χ2v) is 8.20. The molecule has 0 aliphatic heterocycles. The standard InChI is InChI=1S/C26H36N2O4/c1-6-22(7-2)32-24-13-11-10-12-23(24)25(29)27-21-16-14-20(15-17-21)26(30)31-19-18-28(5,8-3)9-4/h10-17,22H,6-9,18-19H2,1-5H3/p+1. The summed E-state index contributed by atoms with van der Waals surface area (Å²) in [6, 6.07) is 14.0. The van der Waals surface area contributed by atoms with Gasteiger partial charge in [-0.25, -0.2) is 4.79 Å². The molecule has 1 N–H and O–H groups in total. The van der Waals surface area contributed by atoms with Crippen molar-refractivity contribution in [3.05, 3.63) is 59.7 Å². The van der Waals surface area contributed by atoms with Crippen LogP contribution in [0.15, 0.2) is 48.5 Å². The molecule has 0 bridgehead atoms. The summed E-state index contributed by atoms with van der Waals surface area (Å²) in [5.74, 6) is -0.0351. The van der Waals surface area contributed by atoms with Crippen LogP contribution in [0.4, 0.5) is 5.69 Å². The van der Waals surface area contributed by atoms with Gasteiger partial charge in [-0.15, -0.1) is 0 Å². The van der Waals surface area contributed by atoms with E-state index < -0.39 is 0 Å². The number of carbonyl (C=O) groups excluding carboxylic acids is 2. The van der Waals surface area contributed by atoms with E-state index in [0.29, 0.717) is 29.2 Å². The lowest BCUT2D eigenvalue weighted by Gasteiger charge is -2.31. The minimum Gasteiger partial charge on any atom is -0.490 e. The highest BCUT2D eigenvalue weighted by Crippen LogP contribution is 2.23. The van der Waals surface area contributed by atoms with Crippen LogP contribution in [0.5, 0.6) is 5.75 Å². The van der Waals surface area contributed by atoms with Crippen LogP contribution in [-0.4, -0.2) is 55.8 Å². The highest BCUT2D eigenvalue weighted by atomic mass is 16.5. The van der Waals surface area contributed by atoms with Crippen molar-refractivity contribution in [2.24, 2.45) is 0 Å². The van der Waals surface area contributed by atoms with E-state index in [-0.39, 0.29) is 18.0 Å². The lowest BCUT2D eigenvalue weighted by molar-refractivity contribution is -0.906. The third-order valence-electron chi connectivity index (χ3n) is 6.11. The van der Waals surface area contributed by atoms with Gasteiger partial charge in [0.15, 0.2) is 0 Å². The molecule has 174 valence electrons. The van der Waals surface area contributed by atoms with Gasteiger partial charge >= 0.3 is 5.97 Å². The maximum absolute atomic E-state index is 12.8. The average Bonchev–Trinajstić information content (AvgIpc) is 2.82. The predicted octanol–water partition coefficient (Wildman–Crippen LogP) is 5.15. The second-order valence-electron chi connectivity index (χ2n) is 8.20. The van der Waals surface area contributed by atoms with Crippen molar-refractivity contribution in [2.45, 2.75) is 46.6 Å². The van der Waals surface area contributed by atoms with Crippen LogP contribution in [0.2, 0.25) is 0 Å². The van der Waals surface area contributed by atoms with Crippen LogP contribution in [-0.2, 0) is 4.74 Å². The Kier molecular flexibility index (Phi) is 9.72. The van der Waals surface area contributed by atoms with Crippen molar-refractivity contribution >= 4 is 17.6 Å². The summed E-state index contributed by atoms with van der Waals surface area (Å²) in [4.78, 5) is 25.2. The van der Waals surface area contributed by atoms with Crippen molar-refractivity contribution in [3.8, 4) is 5.75 Å². The van der Waals surface area contributed by atoms with E-state index in [4.69, 9.17) is 9.47 Å². The van der Waals surface area contributed by atoms with E-state index in [1.54, 1.807) is 30.3 Å². The maximum Gasteiger partial charge on any atom is 0.338 e. The van der Waals surface area contributed by atoms with Crippen molar-refractivity contribution in [1.82, 2.24) is 0 Å². The number of amides is 1. The Labute approximate surface area is 192 Å². The molecule has 0 saturated carbocycles. The number of para-hydroxylation sites is 1. The molecule has 0 aliphatic rings. The molecule has 0 saturated heterocycles. The fraction of sp³-hybridized carbons (Fsp3) is 0.462. The molecule has 2 aromatic carbocycles. The second kappa shape index (κ2) is 12.2. The van der Waals surface area contributed by atoms with Crippen LogP contribution in [0.1, 0.15) is 61.3 Å². The van der Waals surface area contributed by atoms with Crippen molar-refractivity contribution in [3.63, 3.8) is 0 Å². The quantitative estimate of drug-likeness (QED) is 0.365. The molecule has 0 aliphatic carbocycles. The topological polar surface area (TPSA) is 64.6 Å². The molecule has 2 aromatic rings. The van der Waals surface area contributed by atoms with Gasteiger partial charge in [-0.2, -0.15) is 0 Å². The zero-order chi connectivity index (χ0) is 23.6. The molecule has 0 heterocycles. The molecule has 2 rings (SSSR count). The van der Waals surface area contributed by atoms with Gasteiger partial charge in [-0.05, 0) is 63.1 Å². The Morgan fingerprint density at radius 1 is 0.938 bits per heavy atom. The zero-order valence-corrected chi connectivity index (χ0v) is 20.0. The number of likely N-dealkylation sites (N-methyl/N-ethyl adjacent to an activating group) is 1. The van der Waals surface area contributed by atoms with E-state index >= 15 is 0 Å². The Balaban J connectivity index is 1.98. The largest absolute Gasteiger partial charge is 0.490 e. The van der Waals surface area contributed by atoms with Gasteiger partial charge in [-0.3, -0.25) is 4.79 Å². The molecule has 6 heteroatoms. The monoisotopic (exact) mass is 441 g/mol. The number of ether oxygens (including phenoxy) is 2. The average molecular weight is 442 g/mol. The number of quaternary nitrogens is 1. The lowest BCUT2D eigenvalue weighted by atomic mass is 10.1. The van der Waals surface area contributed by atoms with Gasteiger partial charge in [0.1, 0.15) is 18.9 Å². The summed E-state index contributed by atoms with van der Waals surface area (Å²) < 4.78 is 12.3. The minimum absolute atomic E-state index is 0.0700. The number of esters is 1. The Bertz CT molecular complexity index is 872. The molecular weight excluding hydrogens is 404 g/mol. The predicted molar refractivity (Wildman–Crippen MR) is 128 cm³/mol. The van der Waals surface area contributed by atoms with Crippen molar-refractivity contribution in [2.75, 3.05) is 38.6 Å². The minimum atomic E-state index is -0.356. The van der Waals surface area contributed by atoms with Crippen molar-refractivity contribution in [1.29, 1.82) is 0 Å². The summed E-state index contributed by atoms with van der Waals surface area (Å²) in [7, 11) is 2.15. The van der Waals surface area contributed by atoms with E-state index in [9.17, 15) is 9.59 Å². The van der Waals surface area contributed by atoms with E-state index in [1.165, 1.54) is 0 Å². The lowest BCUT2D eigenvalue weighted by Crippen LogP contribution is -2.46. The summed E-state index contributed by atoms with van der Waals surface area (Å²) in [6.45, 7) is 11.5. The first-order chi connectivity index (χ1) is 15.4. The third kappa shape index (κ3) is 7.09. The summed E-state index contributed by atoms with van der Waals surface area (Å²) in [5.41, 5.74) is 1.55. The van der Waals surface area contributed by atoms with E-state index in [0.717, 1.165) is 37.0 Å². The Morgan fingerprint density at radius 3 is 2.16 bits per heavy atom. The van der Waals surface area contributed by atoms with Crippen LogP contribution >= 0.6 is 0 Å². The van der Waals surface area contributed by atoms with Gasteiger partial charge in [-0.1, -0.05) is 26.0 Å². The summed E-state index contributed by atoms with van der Waals surface area (Å²) >= 11 is 0. The van der Waals surface area contributed by atoms with Crippen LogP contribution in [0, 0.1) is 0 Å². The molecule has 0 radical (unpaired) electrons. The first kappa shape index (κ1) is 25.4. The van der Waals surface area contributed by atoms with Crippen LogP contribution < -0.4 is 10.1 Å². The van der Waals surface area contributed by atoms with Gasteiger partial charge in [0.25, 0.3) is 5.91 Å². The number of rotatable bonds is 12. The third-order valence-corrected chi connectivity index (χ3v) is 6.11. The molecule has 6 nitrogen and oxygen atoms in total. The molecular formula is C26H37N2O4+. The number of carbonyl (C=O) groups is 2. The number of anilines is 1. The van der Waals surface area contributed by atoms with Crippen LogP contribution in [0.3, 0.4) is 0 Å². The van der Waals surface area contributed by atoms with E-state index in [1.807, 2.05) is 18.2 Å². The van der Waals surface area contributed by atoms with Gasteiger partial charge in [0, 0.05) is 5.69 Å². The van der Waals surface area contributed by atoms with Crippen LogP contribution in [0.25, 0.3) is 0 Å². The smallest absolute Gasteiger partial charge is 0.338 e. The van der Waals surface area contributed by atoms with E-state index in [2.05, 4.69) is 40.1 Å². The van der Waals surface area contributed by atoms with Crippen molar-refractivity contribution < 1.29 is 23.5 Å². The SMILES string of the molecule is CCC(CC)Oc1ccccc1C(=O)Nc1ccc(C(=O)OCC[N+](C)(CC)CC)cc1. The first-order valence-electron chi connectivity index (χ1n) is 11.5. The first-order valence-corrected chi connectivity index (χ1v) is 11.5. The fourth-order valence-electron chi connectivity index (χ4n) is 3.26. The zero-order valence-electron chi connectivity index (χ0n) is 20.0. The number of hydrogen-bond acceptors (Lipinski definition) is 4. The molecule has 32 heavy (non-hydrogen) atoms.